The minimum Gasteiger partial charge on any atom is -0.419 e. The number of aromatic nitrogens is 4. The summed E-state index contributed by atoms with van der Waals surface area (Å²) in [5.74, 6) is -0.631. The molecular weight excluding hydrogens is 325 g/mol. The second-order valence-electron chi connectivity index (χ2n) is 4.44. The van der Waals surface area contributed by atoms with E-state index in [2.05, 4.69) is 25.5 Å². The molecule has 1 aromatic carbocycles. The third-order valence-corrected chi connectivity index (χ3v) is 3.08. The fourth-order valence-electron chi connectivity index (χ4n) is 1.76. The quantitative estimate of drug-likeness (QED) is 0.788. The molecule has 9 heteroatoms. The van der Waals surface area contributed by atoms with E-state index >= 15 is 0 Å². The van der Waals surface area contributed by atoms with Crippen molar-refractivity contribution in [2.24, 2.45) is 0 Å². The van der Waals surface area contributed by atoms with Crippen LogP contribution in [0.4, 0.5) is 10.1 Å². The molecule has 0 spiro atoms. The highest BCUT2D eigenvalue weighted by Gasteiger charge is 2.14. The van der Waals surface area contributed by atoms with Crippen LogP contribution in [0.2, 0.25) is 5.02 Å². The van der Waals surface area contributed by atoms with Gasteiger partial charge in [0.1, 0.15) is 17.9 Å². The maximum Gasteiger partial charge on any atom is 0.267 e. The summed E-state index contributed by atoms with van der Waals surface area (Å²) in [6, 6.07) is 3.67. The predicted molar refractivity (Wildman–Crippen MR) is 79.1 cm³/mol. The molecule has 0 aliphatic carbocycles. The summed E-state index contributed by atoms with van der Waals surface area (Å²) in [4.78, 5) is 19.9. The third-order valence-electron chi connectivity index (χ3n) is 2.77. The zero-order valence-electron chi connectivity index (χ0n) is 11.5. The van der Waals surface area contributed by atoms with Crippen LogP contribution >= 0.6 is 11.6 Å². The van der Waals surface area contributed by atoms with Crippen LogP contribution in [0, 0.1) is 5.82 Å². The number of halogens is 2. The number of amides is 1. The van der Waals surface area contributed by atoms with Crippen LogP contribution in [0.1, 0.15) is 5.89 Å². The van der Waals surface area contributed by atoms with Crippen LogP contribution in [0.25, 0.3) is 11.6 Å². The monoisotopic (exact) mass is 333 g/mol. The van der Waals surface area contributed by atoms with E-state index < -0.39 is 11.7 Å². The van der Waals surface area contributed by atoms with Crippen molar-refractivity contribution in [1.29, 1.82) is 0 Å². The second kappa shape index (κ2) is 6.49. The highest BCUT2D eigenvalue weighted by atomic mass is 35.5. The number of anilines is 1. The van der Waals surface area contributed by atoms with Crippen molar-refractivity contribution in [2.75, 3.05) is 5.32 Å². The van der Waals surface area contributed by atoms with Crippen LogP contribution in [-0.4, -0.2) is 26.1 Å². The molecule has 0 bridgehead atoms. The summed E-state index contributed by atoms with van der Waals surface area (Å²) in [6.07, 6.45) is 4.32. The Morgan fingerprint density at radius 1 is 1.30 bits per heavy atom. The Labute approximate surface area is 134 Å². The third kappa shape index (κ3) is 3.67. The molecule has 2 heterocycles. The van der Waals surface area contributed by atoms with Crippen LogP contribution < -0.4 is 5.32 Å². The van der Waals surface area contributed by atoms with Crippen LogP contribution in [0.3, 0.4) is 0 Å². The zero-order chi connectivity index (χ0) is 16.2. The molecule has 0 unspecified atom stereocenters. The van der Waals surface area contributed by atoms with E-state index in [1.807, 2.05) is 0 Å². The molecule has 3 aromatic rings. The van der Waals surface area contributed by atoms with Gasteiger partial charge in [0.05, 0.1) is 16.9 Å². The summed E-state index contributed by atoms with van der Waals surface area (Å²) < 4.78 is 18.3. The Kier molecular flexibility index (Phi) is 4.24. The first-order valence-electron chi connectivity index (χ1n) is 6.45. The van der Waals surface area contributed by atoms with Crippen molar-refractivity contribution < 1.29 is 13.6 Å². The zero-order valence-corrected chi connectivity index (χ0v) is 12.3. The molecule has 0 aliphatic rings. The predicted octanol–water partition coefficient (Wildman–Crippen LogP) is 2.50. The lowest BCUT2D eigenvalue weighted by atomic mass is 10.3. The number of hydrogen-bond acceptors (Lipinski definition) is 6. The Morgan fingerprint density at radius 2 is 2.17 bits per heavy atom. The molecular formula is C14H9ClFN5O2. The van der Waals surface area contributed by atoms with E-state index in [1.165, 1.54) is 30.7 Å². The van der Waals surface area contributed by atoms with Gasteiger partial charge in [-0.2, -0.15) is 0 Å². The Morgan fingerprint density at radius 3 is 2.91 bits per heavy atom. The fraction of sp³-hybridized carbons (Fsp3) is 0.0714. The van der Waals surface area contributed by atoms with Gasteiger partial charge in [-0.25, -0.2) is 9.37 Å². The highest BCUT2D eigenvalue weighted by molar-refractivity contribution is 6.33. The molecule has 0 saturated carbocycles. The molecule has 2 aromatic heterocycles. The number of nitrogens with zero attached hydrogens (tertiary/aromatic N) is 4. The summed E-state index contributed by atoms with van der Waals surface area (Å²) in [5.41, 5.74) is 0.708. The summed E-state index contributed by atoms with van der Waals surface area (Å²) >= 11 is 5.84. The van der Waals surface area contributed by atoms with Gasteiger partial charge in [-0.3, -0.25) is 9.78 Å². The number of rotatable bonds is 4. The standard InChI is InChI=1S/C14H9ClFN5O2/c15-9-5-8(16)1-2-10(9)19-12(22)6-13-20-21-14(23-13)11-7-17-3-4-18-11/h1-5,7H,6H2,(H,19,22). The first kappa shape index (κ1) is 15.0. The normalized spacial score (nSPS) is 10.5. The molecule has 1 amide bonds. The molecule has 0 aliphatic heterocycles. The van der Waals surface area contributed by atoms with Crippen molar-refractivity contribution >= 4 is 23.2 Å². The van der Waals surface area contributed by atoms with Gasteiger partial charge in [-0.1, -0.05) is 11.6 Å². The Hall–Kier alpha value is -2.87. The minimum absolute atomic E-state index is 0.101. The Bertz CT molecular complexity index is 840. The van der Waals surface area contributed by atoms with Gasteiger partial charge >= 0.3 is 0 Å². The van der Waals surface area contributed by atoms with Crippen molar-refractivity contribution in [3.63, 3.8) is 0 Å². The number of nitrogens with one attached hydrogen (secondary N) is 1. The number of hydrogen-bond donors (Lipinski definition) is 1. The van der Waals surface area contributed by atoms with Gasteiger partial charge in [0.15, 0.2) is 0 Å². The van der Waals surface area contributed by atoms with E-state index in [0.29, 0.717) is 11.4 Å². The first-order chi connectivity index (χ1) is 11.1. The topological polar surface area (TPSA) is 93.8 Å². The lowest BCUT2D eigenvalue weighted by molar-refractivity contribution is -0.115. The smallest absolute Gasteiger partial charge is 0.267 e. The molecule has 3 rings (SSSR count). The lowest BCUT2D eigenvalue weighted by Gasteiger charge is -2.05. The molecule has 0 saturated heterocycles. The molecule has 0 atom stereocenters. The van der Waals surface area contributed by atoms with E-state index in [-0.39, 0.29) is 23.2 Å². The van der Waals surface area contributed by atoms with E-state index in [0.717, 1.165) is 6.07 Å². The summed E-state index contributed by atoms with van der Waals surface area (Å²) in [7, 11) is 0. The first-order valence-corrected chi connectivity index (χ1v) is 6.83. The average molecular weight is 334 g/mol. The largest absolute Gasteiger partial charge is 0.419 e. The van der Waals surface area contributed by atoms with Gasteiger partial charge < -0.3 is 9.73 Å². The fourth-order valence-corrected chi connectivity index (χ4v) is 1.98. The summed E-state index contributed by atoms with van der Waals surface area (Å²) in [6.45, 7) is 0. The van der Waals surface area contributed by atoms with Gasteiger partial charge in [0, 0.05) is 12.4 Å². The number of carbonyl (C=O) groups is 1. The van der Waals surface area contributed by atoms with E-state index in [4.69, 9.17) is 16.0 Å². The highest BCUT2D eigenvalue weighted by Crippen LogP contribution is 2.22. The molecule has 1 N–H and O–H groups in total. The van der Waals surface area contributed by atoms with E-state index in [1.54, 1.807) is 0 Å². The van der Waals surface area contributed by atoms with Crippen molar-refractivity contribution in [3.8, 4) is 11.6 Å². The van der Waals surface area contributed by atoms with Crippen LogP contribution in [-0.2, 0) is 11.2 Å². The summed E-state index contributed by atoms with van der Waals surface area (Å²) in [5, 5.41) is 10.2. The maximum absolute atomic E-state index is 13.0. The number of benzene rings is 1. The van der Waals surface area contributed by atoms with E-state index in [9.17, 15) is 9.18 Å². The molecule has 0 radical (unpaired) electrons. The Balaban J connectivity index is 1.68. The van der Waals surface area contributed by atoms with Crippen molar-refractivity contribution in [1.82, 2.24) is 20.2 Å². The van der Waals surface area contributed by atoms with Gasteiger partial charge in [-0.15, -0.1) is 10.2 Å². The van der Waals surface area contributed by atoms with Crippen LogP contribution in [0.15, 0.2) is 41.2 Å². The van der Waals surface area contributed by atoms with Crippen LogP contribution in [0.5, 0.6) is 0 Å². The second-order valence-corrected chi connectivity index (χ2v) is 4.85. The molecule has 0 fully saturated rings. The minimum atomic E-state index is -0.487. The maximum atomic E-state index is 13.0. The molecule has 116 valence electrons. The average Bonchev–Trinajstić information content (AvgIpc) is 2.99. The van der Waals surface area contributed by atoms with Gasteiger partial charge in [-0.05, 0) is 18.2 Å². The van der Waals surface area contributed by atoms with Crippen molar-refractivity contribution in [3.05, 3.63) is 53.5 Å². The van der Waals surface area contributed by atoms with Gasteiger partial charge in [0.25, 0.3) is 5.89 Å². The van der Waals surface area contributed by atoms with Gasteiger partial charge in [0.2, 0.25) is 11.8 Å². The molecule has 23 heavy (non-hydrogen) atoms. The number of carbonyl (C=O) groups excluding carboxylic acids is 1. The molecule has 7 nitrogen and oxygen atoms in total. The van der Waals surface area contributed by atoms with Crippen molar-refractivity contribution in [2.45, 2.75) is 6.42 Å². The SMILES string of the molecule is O=C(Cc1nnc(-c2cnccn2)o1)Nc1ccc(F)cc1Cl. The lowest BCUT2D eigenvalue weighted by Crippen LogP contribution is -2.15.